The maximum Gasteiger partial charge on any atom is 0.165 e. The van der Waals surface area contributed by atoms with Crippen LogP contribution in [0.4, 0.5) is 0 Å². The average Bonchev–Trinajstić information content (AvgIpc) is 3.25. The second-order valence-corrected chi connectivity index (χ2v) is 8.19. The van der Waals surface area contributed by atoms with Crippen molar-refractivity contribution in [3.63, 3.8) is 0 Å². The largest absolute Gasteiger partial charge is 0.493 e. The van der Waals surface area contributed by atoms with Gasteiger partial charge in [0.1, 0.15) is 0 Å². The van der Waals surface area contributed by atoms with Crippen molar-refractivity contribution in [2.45, 2.75) is 38.0 Å². The summed E-state index contributed by atoms with van der Waals surface area (Å²) in [4.78, 5) is 6.50. The fourth-order valence-corrected chi connectivity index (χ4v) is 4.53. The van der Waals surface area contributed by atoms with Gasteiger partial charge in [0.15, 0.2) is 11.5 Å². The minimum atomic E-state index is -0.497. The van der Waals surface area contributed by atoms with Crippen molar-refractivity contribution in [3.05, 3.63) is 42.5 Å². The molecule has 2 N–H and O–H groups in total. The molecule has 1 aromatic carbocycles. The van der Waals surface area contributed by atoms with Crippen LogP contribution < -0.4 is 14.8 Å². The maximum absolute atomic E-state index is 10.9. The third-order valence-electron chi connectivity index (χ3n) is 6.27. The lowest BCUT2D eigenvalue weighted by Crippen LogP contribution is -2.58. The van der Waals surface area contributed by atoms with E-state index in [1.165, 1.54) is 0 Å². The summed E-state index contributed by atoms with van der Waals surface area (Å²) < 4.78 is 13.8. The summed E-state index contributed by atoms with van der Waals surface area (Å²) >= 11 is 0. The number of nitrogens with one attached hydrogen (secondary N) is 1. The molecule has 3 heterocycles. The topological polar surface area (TPSA) is 71.8 Å². The van der Waals surface area contributed by atoms with E-state index in [1.54, 1.807) is 13.3 Å². The molecule has 2 aliphatic rings. The van der Waals surface area contributed by atoms with E-state index in [9.17, 15) is 5.11 Å². The van der Waals surface area contributed by atoms with Gasteiger partial charge in [-0.25, -0.2) is 4.98 Å². The van der Waals surface area contributed by atoms with Gasteiger partial charge in [-0.2, -0.15) is 0 Å². The fourth-order valence-electron chi connectivity index (χ4n) is 4.53. The van der Waals surface area contributed by atoms with Crippen LogP contribution in [0, 0.1) is 5.92 Å². The van der Waals surface area contributed by atoms with Crippen molar-refractivity contribution in [1.82, 2.24) is 19.8 Å². The van der Waals surface area contributed by atoms with Gasteiger partial charge in [-0.05, 0) is 31.9 Å². The normalized spacial score (nSPS) is 23.2. The van der Waals surface area contributed by atoms with Gasteiger partial charge < -0.3 is 24.5 Å². The highest BCUT2D eigenvalue weighted by Crippen LogP contribution is 2.36. The Morgan fingerprint density at radius 3 is 2.94 bits per heavy atom. The molecule has 2 aromatic rings. The number of fused-ring (bicyclic) bond motifs is 1. The summed E-state index contributed by atoms with van der Waals surface area (Å²) in [6.07, 6.45) is 8.18. The number of para-hydroxylation sites is 1. The molecule has 0 amide bonds. The number of aliphatic hydroxyl groups is 1. The molecule has 1 aromatic heterocycles. The van der Waals surface area contributed by atoms with E-state index in [2.05, 4.69) is 25.8 Å². The summed E-state index contributed by atoms with van der Waals surface area (Å²) in [6.45, 7) is 5.93. The Morgan fingerprint density at radius 2 is 2.16 bits per heavy atom. The van der Waals surface area contributed by atoms with Crippen LogP contribution in [0.5, 0.6) is 11.5 Å². The SMILES string of the molecule is COc1cccc(CN2CC[C@@]3(O)CCNC[C@H]3C2)c1OCCCn1ccnc1.Cl.Cl. The minimum Gasteiger partial charge on any atom is -0.493 e. The van der Waals surface area contributed by atoms with Crippen molar-refractivity contribution in [2.24, 2.45) is 5.92 Å². The highest BCUT2D eigenvalue weighted by Gasteiger charge is 2.42. The molecule has 2 fully saturated rings. The zero-order valence-electron chi connectivity index (χ0n) is 18.0. The van der Waals surface area contributed by atoms with Crippen LogP contribution in [0.25, 0.3) is 0 Å². The summed E-state index contributed by atoms with van der Waals surface area (Å²) in [5, 5.41) is 14.3. The Morgan fingerprint density at radius 1 is 1.29 bits per heavy atom. The zero-order valence-corrected chi connectivity index (χ0v) is 19.7. The average molecular weight is 473 g/mol. The Bertz CT molecular complexity index is 793. The molecule has 174 valence electrons. The van der Waals surface area contributed by atoms with E-state index in [0.29, 0.717) is 6.61 Å². The molecule has 0 aliphatic carbocycles. The molecular weight excluding hydrogens is 439 g/mol. The smallest absolute Gasteiger partial charge is 0.165 e. The summed E-state index contributed by atoms with van der Waals surface area (Å²) in [6, 6.07) is 6.09. The number of aromatic nitrogens is 2. The van der Waals surface area contributed by atoms with Crippen LogP contribution in [0.3, 0.4) is 0 Å². The number of nitrogens with zero attached hydrogens (tertiary/aromatic N) is 3. The highest BCUT2D eigenvalue weighted by atomic mass is 35.5. The van der Waals surface area contributed by atoms with E-state index in [4.69, 9.17) is 9.47 Å². The van der Waals surface area contributed by atoms with E-state index in [-0.39, 0.29) is 30.7 Å². The first-order chi connectivity index (χ1) is 14.2. The van der Waals surface area contributed by atoms with Crippen LogP contribution in [-0.4, -0.2) is 65.1 Å². The van der Waals surface area contributed by atoms with Gasteiger partial charge in [0.25, 0.3) is 0 Å². The molecule has 0 radical (unpaired) electrons. The van der Waals surface area contributed by atoms with Crippen molar-refractivity contribution in [1.29, 1.82) is 0 Å². The number of imidazole rings is 1. The van der Waals surface area contributed by atoms with Gasteiger partial charge in [0, 0.05) is 56.6 Å². The molecule has 9 heteroatoms. The second-order valence-electron chi connectivity index (χ2n) is 8.19. The van der Waals surface area contributed by atoms with Gasteiger partial charge >= 0.3 is 0 Å². The predicted molar refractivity (Wildman–Crippen MR) is 126 cm³/mol. The highest BCUT2D eigenvalue weighted by molar-refractivity contribution is 5.85. The van der Waals surface area contributed by atoms with Crippen molar-refractivity contribution in [2.75, 3.05) is 39.9 Å². The fraction of sp³-hybridized carbons (Fsp3) is 0.591. The number of likely N-dealkylation sites (tertiary alicyclic amines) is 1. The van der Waals surface area contributed by atoms with E-state index in [0.717, 1.165) is 75.6 Å². The first-order valence-electron chi connectivity index (χ1n) is 10.6. The molecule has 2 aliphatic heterocycles. The molecule has 0 saturated carbocycles. The van der Waals surface area contributed by atoms with Crippen LogP contribution in [0.1, 0.15) is 24.8 Å². The lowest BCUT2D eigenvalue weighted by molar-refractivity contribution is -0.0900. The van der Waals surface area contributed by atoms with Gasteiger partial charge in [0.05, 0.1) is 25.6 Å². The van der Waals surface area contributed by atoms with Gasteiger partial charge in [0.2, 0.25) is 0 Å². The Balaban J connectivity index is 0.00000171. The van der Waals surface area contributed by atoms with Crippen LogP contribution in [-0.2, 0) is 13.1 Å². The molecule has 0 bridgehead atoms. The van der Waals surface area contributed by atoms with Crippen LogP contribution >= 0.6 is 24.8 Å². The number of hydrogen-bond donors (Lipinski definition) is 2. The summed E-state index contributed by atoms with van der Waals surface area (Å²) in [7, 11) is 1.69. The number of rotatable bonds is 8. The first-order valence-corrected chi connectivity index (χ1v) is 10.6. The Labute approximate surface area is 196 Å². The number of methoxy groups -OCH3 is 1. The molecule has 2 atom stereocenters. The van der Waals surface area contributed by atoms with E-state index >= 15 is 0 Å². The molecule has 2 saturated heterocycles. The van der Waals surface area contributed by atoms with Crippen molar-refractivity contribution >= 4 is 24.8 Å². The Hall–Kier alpha value is -1.51. The summed E-state index contributed by atoms with van der Waals surface area (Å²) in [5.74, 6) is 1.90. The molecule has 0 spiro atoms. The third kappa shape index (κ3) is 6.26. The first kappa shape index (κ1) is 25.7. The number of benzene rings is 1. The maximum atomic E-state index is 10.9. The Kier molecular flexibility index (Phi) is 9.90. The molecule has 31 heavy (non-hydrogen) atoms. The molecular formula is C22H34Cl2N4O3. The van der Waals surface area contributed by atoms with Crippen LogP contribution in [0.15, 0.2) is 36.9 Å². The van der Waals surface area contributed by atoms with Crippen molar-refractivity contribution < 1.29 is 14.6 Å². The zero-order chi connectivity index (χ0) is 20.1. The number of piperidine rings is 2. The van der Waals surface area contributed by atoms with E-state index in [1.807, 2.05) is 24.7 Å². The number of halogens is 2. The number of ether oxygens (including phenoxy) is 2. The van der Waals surface area contributed by atoms with Crippen molar-refractivity contribution in [3.8, 4) is 11.5 Å². The van der Waals surface area contributed by atoms with Gasteiger partial charge in [-0.1, -0.05) is 12.1 Å². The second kappa shape index (κ2) is 11.9. The van der Waals surface area contributed by atoms with E-state index < -0.39 is 5.60 Å². The number of aryl methyl sites for hydroxylation is 1. The molecule has 7 nitrogen and oxygen atoms in total. The molecule has 4 rings (SSSR count). The predicted octanol–water partition coefficient (Wildman–Crippen LogP) is 2.75. The van der Waals surface area contributed by atoms with Gasteiger partial charge in [-0.3, -0.25) is 4.90 Å². The lowest BCUT2D eigenvalue weighted by atomic mass is 9.76. The molecule has 0 unspecified atom stereocenters. The monoisotopic (exact) mass is 472 g/mol. The van der Waals surface area contributed by atoms with Crippen LogP contribution in [0.2, 0.25) is 0 Å². The quantitative estimate of drug-likeness (QED) is 0.575. The lowest BCUT2D eigenvalue weighted by Gasteiger charge is -2.47. The number of hydrogen-bond acceptors (Lipinski definition) is 6. The van der Waals surface area contributed by atoms with Gasteiger partial charge in [-0.15, -0.1) is 24.8 Å². The summed E-state index contributed by atoms with van der Waals surface area (Å²) in [5.41, 5.74) is 0.643. The minimum absolute atomic E-state index is 0. The standard InChI is InChI=1S/C22H32N4O3.2ClH/c1-28-20-5-2-4-18(21(20)29-13-3-10-25-12-9-24-17-25)15-26-11-7-22(27)6-8-23-14-19(22)16-26;;/h2,4-5,9,12,17,19,23,27H,3,6-8,10-11,13-16H2,1H3;2*1H/t19-,22-;;/m0../s1. The third-order valence-corrected chi connectivity index (χ3v) is 6.27.